The van der Waals surface area contributed by atoms with Gasteiger partial charge in [0.1, 0.15) is 5.82 Å². The van der Waals surface area contributed by atoms with E-state index in [1.807, 2.05) is 0 Å². The first-order valence-corrected chi connectivity index (χ1v) is 6.93. The van der Waals surface area contributed by atoms with E-state index in [1.165, 1.54) is 22.5 Å². The van der Waals surface area contributed by atoms with Gasteiger partial charge in [-0.2, -0.15) is 4.31 Å². The van der Waals surface area contributed by atoms with Crippen LogP contribution >= 0.6 is 0 Å². The normalized spacial score (nSPS) is 18.2. The van der Waals surface area contributed by atoms with Gasteiger partial charge in [-0.3, -0.25) is 0 Å². The van der Waals surface area contributed by atoms with Gasteiger partial charge in [0.25, 0.3) is 0 Å². The zero-order valence-electron chi connectivity index (χ0n) is 9.61. The molecule has 0 amide bonds. The van der Waals surface area contributed by atoms with Crippen molar-refractivity contribution >= 4 is 10.0 Å². The molecule has 0 unspecified atom stereocenters. The van der Waals surface area contributed by atoms with Gasteiger partial charge in [-0.25, -0.2) is 12.8 Å². The van der Waals surface area contributed by atoms with E-state index in [-0.39, 0.29) is 4.90 Å². The van der Waals surface area contributed by atoms with Gasteiger partial charge in [0, 0.05) is 26.2 Å². The molecule has 1 heterocycles. The molecule has 0 radical (unpaired) electrons. The number of halogens is 1. The van der Waals surface area contributed by atoms with Gasteiger partial charge < -0.3 is 5.32 Å². The van der Waals surface area contributed by atoms with Gasteiger partial charge in [-0.1, -0.05) is 0 Å². The highest BCUT2D eigenvalue weighted by atomic mass is 32.2. The molecule has 1 aromatic carbocycles. The molecule has 1 saturated heterocycles. The minimum absolute atomic E-state index is 0.195. The molecule has 1 fully saturated rings. The Bertz CT molecular complexity index is 510. The lowest BCUT2D eigenvalue weighted by atomic mass is 10.2. The smallest absolute Gasteiger partial charge is 0.243 e. The first kappa shape index (κ1) is 12.5. The predicted molar refractivity (Wildman–Crippen MR) is 62.8 cm³/mol. The number of aryl methyl sites for hydroxylation is 1. The summed E-state index contributed by atoms with van der Waals surface area (Å²) in [7, 11) is -3.48. The Morgan fingerprint density at radius 1 is 1.29 bits per heavy atom. The summed E-state index contributed by atoms with van der Waals surface area (Å²) in [6.45, 7) is 3.83. The summed E-state index contributed by atoms with van der Waals surface area (Å²) < 4.78 is 39.0. The van der Waals surface area contributed by atoms with Crippen molar-refractivity contribution in [3.63, 3.8) is 0 Å². The van der Waals surface area contributed by atoms with Crippen molar-refractivity contribution in [1.29, 1.82) is 0 Å². The van der Waals surface area contributed by atoms with Crippen molar-refractivity contribution in [2.24, 2.45) is 0 Å². The molecule has 6 heteroatoms. The van der Waals surface area contributed by atoms with Gasteiger partial charge in [0.2, 0.25) is 10.0 Å². The Hall–Kier alpha value is -0.980. The summed E-state index contributed by atoms with van der Waals surface area (Å²) in [5, 5.41) is 3.10. The lowest BCUT2D eigenvalue weighted by molar-refractivity contribution is 0.360. The van der Waals surface area contributed by atoms with Crippen LogP contribution < -0.4 is 5.32 Å². The van der Waals surface area contributed by atoms with Gasteiger partial charge >= 0.3 is 0 Å². The molecule has 0 spiro atoms. The average Bonchev–Trinajstić information content (AvgIpc) is 2.29. The van der Waals surface area contributed by atoms with Crippen LogP contribution in [0.3, 0.4) is 0 Å². The van der Waals surface area contributed by atoms with E-state index >= 15 is 0 Å². The molecule has 4 nitrogen and oxygen atoms in total. The standard InChI is InChI=1S/C11H15FN2O2S/c1-9-8-10(12)2-3-11(9)17(15,16)14-6-4-13-5-7-14/h2-3,8,13H,4-7H2,1H3. The number of hydrogen-bond donors (Lipinski definition) is 1. The largest absolute Gasteiger partial charge is 0.314 e. The summed E-state index contributed by atoms with van der Waals surface area (Å²) in [6.07, 6.45) is 0. The Morgan fingerprint density at radius 2 is 1.94 bits per heavy atom. The van der Waals surface area contributed by atoms with E-state index in [0.717, 1.165) is 0 Å². The molecule has 1 N–H and O–H groups in total. The predicted octanol–water partition coefficient (Wildman–Crippen LogP) is 0.728. The second-order valence-corrected chi connectivity index (χ2v) is 5.97. The molecule has 1 aromatic rings. The molecule has 17 heavy (non-hydrogen) atoms. The third-order valence-electron chi connectivity index (χ3n) is 2.83. The quantitative estimate of drug-likeness (QED) is 0.850. The van der Waals surface area contributed by atoms with Crippen LogP contribution in [0, 0.1) is 12.7 Å². The number of piperazine rings is 1. The topological polar surface area (TPSA) is 49.4 Å². The van der Waals surface area contributed by atoms with Crippen LogP contribution in [0.5, 0.6) is 0 Å². The highest BCUT2D eigenvalue weighted by molar-refractivity contribution is 7.89. The third-order valence-corrected chi connectivity index (χ3v) is 4.89. The molecule has 1 aliphatic heterocycles. The number of benzene rings is 1. The third kappa shape index (κ3) is 2.48. The van der Waals surface area contributed by atoms with Crippen molar-refractivity contribution in [2.45, 2.75) is 11.8 Å². The van der Waals surface area contributed by atoms with Crippen LogP contribution in [-0.2, 0) is 10.0 Å². The molecule has 0 aromatic heterocycles. The first-order chi connectivity index (χ1) is 8.01. The number of nitrogens with one attached hydrogen (secondary N) is 1. The Labute approximate surface area is 100 Å². The van der Waals surface area contributed by atoms with Crippen molar-refractivity contribution < 1.29 is 12.8 Å². The van der Waals surface area contributed by atoms with Gasteiger partial charge in [0.15, 0.2) is 0 Å². The fourth-order valence-corrected chi connectivity index (χ4v) is 3.57. The number of rotatable bonds is 2. The molecule has 1 aliphatic rings. The van der Waals surface area contributed by atoms with E-state index in [0.29, 0.717) is 31.7 Å². The van der Waals surface area contributed by atoms with Crippen molar-refractivity contribution in [3.8, 4) is 0 Å². The van der Waals surface area contributed by atoms with Gasteiger partial charge in [-0.05, 0) is 30.7 Å². The Kier molecular flexibility index (Phi) is 3.46. The molecule has 0 aliphatic carbocycles. The Morgan fingerprint density at radius 3 is 2.53 bits per heavy atom. The molecule has 0 bridgehead atoms. The molecule has 2 rings (SSSR count). The van der Waals surface area contributed by atoms with Crippen LogP contribution in [0.2, 0.25) is 0 Å². The second kappa shape index (κ2) is 4.72. The fraction of sp³-hybridized carbons (Fsp3) is 0.455. The summed E-state index contributed by atoms with van der Waals surface area (Å²) >= 11 is 0. The van der Waals surface area contributed by atoms with Crippen LogP contribution in [0.4, 0.5) is 4.39 Å². The minimum Gasteiger partial charge on any atom is -0.314 e. The van der Waals surface area contributed by atoms with Crippen LogP contribution in [0.1, 0.15) is 5.56 Å². The monoisotopic (exact) mass is 258 g/mol. The van der Waals surface area contributed by atoms with E-state index in [2.05, 4.69) is 5.32 Å². The molecule has 0 atom stereocenters. The maximum absolute atomic E-state index is 13.0. The summed E-state index contributed by atoms with van der Waals surface area (Å²) in [5.41, 5.74) is 0.448. The number of nitrogens with zero attached hydrogens (tertiary/aromatic N) is 1. The van der Waals surface area contributed by atoms with Gasteiger partial charge in [0.05, 0.1) is 4.90 Å². The molecular weight excluding hydrogens is 243 g/mol. The SMILES string of the molecule is Cc1cc(F)ccc1S(=O)(=O)N1CCNCC1. The highest BCUT2D eigenvalue weighted by Crippen LogP contribution is 2.20. The van der Waals surface area contributed by atoms with E-state index in [9.17, 15) is 12.8 Å². The van der Waals surface area contributed by atoms with E-state index < -0.39 is 15.8 Å². The lowest BCUT2D eigenvalue weighted by Gasteiger charge is -2.27. The summed E-state index contributed by atoms with van der Waals surface area (Å²) in [5.74, 6) is -0.415. The minimum atomic E-state index is -3.48. The maximum Gasteiger partial charge on any atom is 0.243 e. The second-order valence-electron chi connectivity index (χ2n) is 4.06. The van der Waals surface area contributed by atoms with E-state index in [1.54, 1.807) is 6.92 Å². The average molecular weight is 258 g/mol. The van der Waals surface area contributed by atoms with E-state index in [4.69, 9.17) is 0 Å². The molecular formula is C11H15FN2O2S. The van der Waals surface area contributed by atoms with Crippen molar-refractivity contribution in [1.82, 2.24) is 9.62 Å². The molecule has 94 valence electrons. The number of sulfonamides is 1. The lowest BCUT2D eigenvalue weighted by Crippen LogP contribution is -2.46. The van der Waals surface area contributed by atoms with Crippen LogP contribution in [-0.4, -0.2) is 38.9 Å². The van der Waals surface area contributed by atoms with Gasteiger partial charge in [-0.15, -0.1) is 0 Å². The zero-order chi connectivity index (χ0) is 12.5. The zero-order valence-corrected chi connectivity index (χ0v) is 10.4. The van der Waals surface area contributed by atoms with Crippen molar-refractivity contribution in [2.75, 3.05) is 26.2 Å². The number of hydrogen-bond acceptors (Lipinski definition) is 3. The Balaban J connectivity index is 2.37. The summed E-state index contributed by atoms with van der Waals surface area (Å²) in [4.78, 5) is 0.195. The van der Waals surface area contributed by atoms with Crippen LogP contribution in [0.25, 0.3) is 0 Å². The maximum atomic E-state index is 13.0. The first-order valence-electron chi connectivity index (χ1n) is 5.49. The fourth-order valence-electron chi connectivity index (χ4n) is 1.93. The summed E-state index contributed by atoms with van der Waals surface area (Å²) in [6, 6.07) is 3.76. The highest BCUT2D eigenvalue weighted by Gasteiger charge is 2.27. The van der Waals surface area contributed by atoms with Crippen molar-refractivity contribution in [3.05, 3.63) is 29.6 Å². The van der Waals surface area contributed by atoms with Crippen LogP contribution in [0.15, 0.2) is 23.1 Å². The molecule has 0 saturated carbocycles.